The summed E-state index contributed by atoms with van der Waals surface area (Å²) in [5.74, 6) is 0.778. The smallest absolute Gasteiger partial charge is 0.119 e. The zero-order valence-electron chi connectivity index (χ0n) is 30.5. The van der Waals surface area contributed by atoms with Gasteiger partial charge in [0.25, 0.3) is 0 Å². The first-order valence-corrected chi connectivity index (χ1v) is 15.6. The molecule has 2 aromatic carbocycles. The topological polar surface area (TPSA) is 40.5 Å². The molecule has 0 spiro atoms. The number of hydrogen-bond acceptors (Lipinski definition) is 2. The normalized spacial score (nSPS) is 14.5. The Morgan fingerprint density at radius 2 is 0.537 bits per heavy atom. The van der Waals surface area contributed by atoms with E-state index in [1.807, 2.05) is 0 Å². The Balaban J connectivity index is 3.56. The van der Waals surface area contributed by atoms with Crippen LogP contribution in [0.1, 0.15) is 183 Å². The average molecular weight is 565 g/mol. The van der Waals surface area contributed by atoms with Crippen molar-refractivity contribution in [2.75, 3.05) is 0 Å². The molecule has 2 rings (SSSR count). The molecule has 2 nitrogen and oxygen atoms in total. The Bertz CT molecular complexity index is 1190. The minimum Gasteiger partial charge on any atom is -0.508 e. The predicted octanol–water partition coefficient (Wildman–Crippen LogP) is 11.2. The molecule has 0 saturated heterocycles. The molecular formula is C39H64O2. The summed E-state index contributed by atoms with van der Waals surface area (Å²) in [7, 11) is 0. The molecule has 0 bridgehead atoms. The molecule has 41 heavy (non-hydrogen) atoms. The van der Waals surface area contributed by atoms with E-state index < -0.39 is 5.41 Å². The highest BCUT2D eigenvalue weighted by atomic mass is 16.3. The van der Waals surface area contributed by atoms with E-state index in [9.17, 15) is 10.2 Å². The number of rotatable bonds is 2. The van der Waals surface area contributed by atoms with E-state index in [4.69, 9.17) is 0 Å². The summed E-state index contributed by atoms with van der Waals surface area (Å²) in [6.07, 6.45) is 0. The van der Waals surface area contributed by atoms with Crippen molar-refractivity contribution in [1.29, 1.82) is 0 Å². The van der Waals surface area contributed by atoms with Crippen molar-refractivity contribution in [3.63, 3.8) is 0 Å². The van der Waals surface area contributed by atoms with Gasteiger partial charge in [0, 0.05) is 16.5 Å². The Morgan fingerprint density at radius 1 is 0.317 bits per heavy atom. The molecule has 0 atom stereocenters. The molecule has 0 unspecified atom stereocenters. The first-order valence-electron chi connectivity index (χ1n) is 15.6. The van der Waals surface area contributed by atoms with E-state index in [1.54, 1.807) is 0 Å². The van der Waals surface area contributed by atoms with Gasteiger partial charge in [-0.2, -0.15) is 0 Å². The highest BCUT2D eigenvalue weighted by Crippen LogP contribution is 2.55. The summed E-state index contributed by atoms with van der Waals surface area (Å²) in [4.78, 5) is 0. The molecule has 2 N–H and O–H groups in total. The standard InChI is InChI=1S/C39H64O2/c1-33(2,3)23-21-25(40)29(35(7,8)9)31(37(13,14)15)27(23)39(19,20)28-24(34(4,5)6)22-26(41)30(36(10,11)12)32(28)38(16,17)18/h21-22,40-41H,1-20H3. The minimum absolute atomic E-state index is 0.200. The van der Waals surface area contributed by atoms with Crippen molar-refractivity contribution in [2.45, 2.75) is 176 Å². The van der Waals surface area contributed by atoms with Gasteiger partial charge in [0.15, 0.2) is 0 Å². The van der Waals surface area contributed by atoms with Crippen molar-refractivity contribution in [3.8, 4) is 11.5 Å². The Hall–Kier alpha value is -1.96. The summed E-state index contributed by atoms with van der Waals surface area (Å²) in [5.41, 5.74) is 7.74. The zero-order chi connectivity index (χ0) is 32.7. The number of aromatic hydroxyl groups is 2. The highest BCUT2D eigenvalue weighted by Gasteiger charge is 2.45. The molecule has 0 radical (unpaired) electrons. The fourth-order valence-corrected chi connectivity index (χ4v) is 6.96. The van der Waals surface area contributed by atoms with E-state index in [2.05, 4.69) is 151 Å². The third-order valence-corrected chi connectivity index (χ3v) is 8.48. The summed E-state index contributed by atoms with van der Waals surface area (Å²) in [6.45, 7) is 45.3. The van der Waals surface area contributed by atoms with Crippen LogP contribution >= 0.6 is 0 Å². The van der Waals surface area contributed by atoms with Gasteiger partial charge in [-0.05, 0) is 78.0 Å². The van der Waals surface area contributed by atoms with Crippen LogP contribution in [0.4, 0.5) is 0 Å². The Labute approximate surface area is 254 Å². The lowest BCUT2D eigenvalue weighted by Crippen LogP contribution is -2.38. The van der Waals surface area contributed by atoms with Gasteiger partial charge in [-0.15, -0.1) is 0 Å². The number of benzene rings is 2. The molecule has 0 aliphatic rings. The van der Waals surface area contributed by atoms with Gasteiger partial charge in [0.2, 0.25) is 0 Å². The molecule has 0 saturated carbocycles. The Kier molecular flexibility index (Phi) is 8.64. The predicted molar refractivity (Wildman–Crippen MR) is 181 cm³/mol. The second kappa shape index (κ2) is 10.1. The van der Waals surface area contributed by atoms with Crippen LogP contribution in [0, 0.1) is 0 Å². The molecule has 0 heterocycles. The summed E-state index contributed by atoms with van der Waals surface area (Å²) >= 11 is 0. The number of phenolic OH excluding ortho intramolecular Hbond substituents is 2. The van der Waals surface area contributed by atoms with Crippen molar-refractivity contribution in [1.82, 2.24) is 0 Å². The van der Waals surface area contributed by atoms with Crippen molar-refractivity contribution >= 4 is 0 Å². The fraction of sp³-hybridized carbons (Fsp3) is 0.692. The molecule has 0 aliphatic carbocycles. The molecule has 2 heteroatoms. The highest BCUT2D eigenvalue weighted by molar-refractivity contribution is 5.66. The van der Waals surface area contributed by atoms with Crippen molar-refractivity contribution < 1.29 is 10.2 Å². The molecule has 0 fully saturated rings. The fourth-order valence-electron chi connectivity index (χ4n) is 6.96. The molecule has 232 valence electrons. The second-order valence-corrected chi connectivity index (χ2v) is 19.3. The van der Waals surface area contributed by atoms with E-state index in [1.165, 1.54) is 33.4 Å². The quantitative estimate of drug-likeness (QED) is 0.381. The lowest BCUT2D eigenvalue weighted by atomic mass is 9.57. The first-order chi connectivity index (χ1) is 17.8. The number of phenols is 2. The summed E-state index contributed by atoms with van der Waals surface area (Å²) in [5, 5.41) is 23.4. The molecule has 0 amide bonds. The summed E-state index contributed by atoms with van der Waals surface area (Å²) < 4.78 is 0. The van der Waals surface area contributed by atoms with E-state index in [0.29, 0.717) is 11.5 Å². The van der Waals surface area contributed by atoms with Crippen LogP contribution < -0.4 is 0 Å². The maximum Gasteiger partial charge on any atom is 0.119 e. The van der Waals surface area contributed by atoms with Crippen molar-refractivity contribution in [3.05, 3.63) is 56.6 Å². The van der Waals surface area contributed by atoms with Gasteiger partial charge in [0.05, 0.1) is 0 Å². The van der Waals surface area contributed by atoms with Gasteiger partial charge >= 0.3 is 0 Å². The molecule has 2 aromatic rings. The molecule has 0 aliphatic heterocycles. The monoisotopic (exact) mass is 564 g/mol. The van der Waals surface area contributed by atoms with Gasteiger partial charge in [-0.3, -0.25) is 0 Å². The van der Waals surface area contributed by atoms with Crippen LogP contribution in [-0.4, -0.2) is 10.2 Å². The largest absolute Gasteiger partial charge is 0.508 e. The van der Waals surface area contributed by atoms with Crippen LogP contribution in [0.25, 0.3) is 0 Å². The van der Waals surface area contributed by atoms with Gasteiger partial charge in [-0.1, -0.05) is 138 Å². The second-order valence-electron chi connectivity index (χ2n) is 19.3. The van der Waals surface area contributed by atoms with Crippen LogP contribution in [0.15, 0.2) is 12.1 Å². The van der Waals surface area contributed by atoms with Crippen LogP contribution in [-0.2, 0) is 37.9 Å². The summed E-state index contributed by atoms with van der Waals surface area (Å²) in [6, 6.07) is 4.12. The molecule has 0 aromatic heterocycles. The lowest BCUT2D eigenvalue weighted by molar-refractivity contribution is 0.413. The zero-order valence-corrected chi connectivity index (χ0v) is 30.5. The van der Waals surface area contributed by atoms with Gasteiger partial charge in [-0.25, -0.2) is 0 Å². The van der Waals surface area contributed by atoms with E-state index >= 15 is 0 Å². The van der Waals surface area contributed by atoms with Crippen LogP contribution in [0.3, 0.4) is 0 Å². The third kappa shape index (κ3) is 6.67. The van der Waals surface area contributed by atoms with E-state index in [-0.39, 0.29) is 32.5 Å². The van der Waals surface area contributed by atoms with E-state index in [0.717, 1.165) is 11.1 Å². The first kappa shape index (κ1) is 35.2. The minimum atomic E-state index is -0.447. The SMILES string of the molecule is CC(C)(C)c1cc(O)c(C(C)(C)C)c(C(C)(C)C)c1C(C)(C)c1c(C(C)(C)C)cc(O)c(C(C)(C)C)c1C(C)(C)C. The van der Waals surface area contributed by atoms with Gasteiger partial charge < -0.3 is 10.2 Å². The van der Waals surface area contributed by atoms with Crippen LogP contribution in [0.2, 0.25) is 0 Å². The molecular weight excluding hydrogens is 500 g/mol. The third-order valence-electron chi connectivity index (χ3n) is 8.48. The number of hydrogen-bond donors (Lipinski definition) is 2. The van der Waals surface area contributed by atoms with Gasteiger partial charge in [0.1, 0.15) is 11.5 Å². The van der Waals surface area contributed by atoms with Crippen molar-refractivity contribution in [2.24, 2.45) is 0 Å². The van der Waals surface area contributed by atoms with Crippen LogP contribution in [0.5, 0.6) is 11.5 Å². The maximum absolute atomic E-state index is 11.7. The Morgan fingerprint density at radius 3 is 0.707 bits per heavy atom. The maximum atomic E-state index is 11.7. The average Bonchev–Trinajstić information content (AvgIpc) is 2.67. The lowest BCUT2D eigenvalue weighted by Gasteiger charge is -2.46.